The molecule has 0 saturated carbocycles. The normalized spacial score (nSPS) is 12.4. The lowest BCUT2D eigenvalue weighted by molar-refractivity contribution is 0.0785. The Hall–Kier alpha value is -3.23. The van der Waals surface area contributed by atoms with E-state index in [4.69, 9.17) is 21.1 Å². The monoisotopic (exact) mass is 486 g/mol. The average Bonchev–Trinajstić information content (AvgIpc) is 3.26. The molecule has 0 aromatic heterocycles. The van der Waals surface area contributed by atoms with E-state index in [1.165, 1.54) is 0 Å². The number of nitrogens with one attached hydrogen (secondary N) is 1. The van der Waals surface area contributed by atoms with E-state index in [2.05, 4.69) is 4.72 Å². The van der Waals surface area contributed by atoms with Crippen LogP contribution in [-0.4, -0.2) is 38.8 Å². The molecule has 1 aliphatic rings. The van der Waals surface area contributed by atoms with Crippen LogP contribution in [0.1, 0.15) is 21.5 Å². The first-order chi connectivity index (χ1) is 15.8. The number of hydrogen-bond donors (Lipinski definition) is 1. The molecular weight excluding hydrogens is 464 g/mol. The van der Waals surface area contributed by atoms with Crippen LogP contribution in [-0.2, 0) is 23.0 Å². The van der Waals surface area contributed by atoms with Crippen LogP contribution in [0.3, 0.4) is 0 Å². The van der Waals surface area contributed by atoms with Gasteiger partial charge in [-0.25, -0.2) is 8.42 Å². The van der Waals surface area contributed by atoms with Crippen molar-refractivity contribution in [1.82, 2.24) is 4.90 Å². The van der Waals surface area contributed by atoms with Gasteiger partial charge in [0.1, 0.15) is 0 Å². The third kappa shape index (κ3) is 5.77. The first kappa shape index (κ1) is 22.9. The van der Waals surface area contributed by atoms with Gasteiger partial charge in [0.25, 0.3) is 5.91 Å². The summed E-state index contributed by atoms with van der Waals surface area (Å²) in [4.78, 5) is 14.4. The van der Waals surface area contributed by atoms with Crippen molar-refractivity contribution in [3.8, 4) is 11.5 Å². The Labute approximate surface area is 197 Å². The van der Waals surface area contributed by atoms with Crippen LogP contribution in [0.15, 0.2) is 66.7 Å². The summed E-state index contributed by atoms with van der Waals surface area (Å²) in [5.41, 5.74) is 2.54. The number of anilines is 1. The van der Waals surface area contributed by atoms with Crippen LogP contribution in [0.4, 0.5) is 5.69 Å². The summed E-state index contributed by atoms with van der Waals surface area (Å²) in [7, 11) is -1.86. The highest BCUT2D eigenvalue weighted by molar-refractivity contribution is 7.92. The first-order valence-electron chi connectivity index (χ1n) is 10.3. The molecule has 7 nitrogen and oxygen atoms in total. The second-order valence-electron chi connectivity index (χ2n) is 7.69. The summed E-state index contributed by atoms with van der Waals surface area (Å²) < 4.78 is 38.1. The van der Waals surface area contributed by atoms with Crippen LogP contribution in [0.25, 0.3) is 0 Å². The second-order valence-corrected chi connectivity index (χ2v) is 9.94. The SMILES string of the molecule is CN(Cc1ccc2c(c1)OCO2)C(=O)c1ccc(NS(=O)(=O)CCc2ccccc2Cl)cc1. The molecule has 1 aliphatic heterocycles. The highest BCUT2D eigenvalue weighted by Gasteiger charge is 2.17. The van der Waals surface area contributed by atoms with Gasteiger partial charge in [0, 0.05) is 29.9 Å². The number of fused-ring (bicyclic) bond motifs is 1. The van der Waals surface area contributed by atoms with Gasteiger partial charge in [-0.15, -0.1) is 0 Å². The summed E-state index contributed by atoms with van der Waals surface area (Å²) in [5, 5.41) is 0.542. The third-order valence-electron chi connectivity index (χ3n) is 5.21. The number of amides is 1. The fourth-order valence-corrected chi connectivity index (χ4v) is 4.78. The molecule has 3 aromatic rings. The van der Waals surface area contributed by atoms with Crippen LogP contribution in [0, 0.1) is 0 Å². The highest BCUT2D eigenvalue weighted by Crippen LogP contribution is 2.32. The van der Waals surface area contributed by atoms with Crippen molar-refractivity contribution in [2.45, 2.75) is 13.0 Å². The molecule has 1 amide bonds. The van der Waals surface area contributed by atoms with E-state index in [0.717, 1.165) is 11.1 Å². The van der Waals surface area contributed by atoms with Crippen molar-refractivity contribution >= 4 is 33.2 Å². The van der Waals surface area contributed by atoms with E-state index < -0.39 is 10.0 Å². The molecule has 0 fully saturated rings. The van der Waals surface area contributed by atoms with E-state index in [1.807, 2.05) is 24.3 Å². The standard InChI is InChI=1S/C24H23ClN2O5S/c1-27(15-17-6-11-22-23(14-17)32-16-31-22)24(28)19-7-9-20(10-8-19)26-33(29,30)13-12-18-4-2-3-5-21(18)25/h2-11,14,26H,12-13,15-16H2,1H3. The van der Waals surface area contributed by atoms with Gasteiger partial charge < -0.3 is 14.4 Å². The van der Waals surface area contributed by atoms with E-state index >= 15 is 0 Å². The van der Waals surface area contributed by atoms with Crippen LogP contribution < -0.4 is 14.2 Å². The van der Waals surface area contributed by atoms with Gasteiger partial charge in [-0.1, -0.05) is 35.9 Å². The number of nitrogens with zero attached hydrogens (tertiary/aromatic N) is 1. The predicted octanol–water partition coefficient (Wildman–Crippen LogP) is 4.33. The van der Waals surface area contributed by atoms with Crippen LogP contribution >= 0.6 is 11.6 Å². The summed E-state index contributed by atoms with van der Waals surface area (Å²) >= 11 is 6.10. The summed E-state index contributed by atoms with van der Waals surface area (Å²) in [5.74, 6) is 1.08. The zero-order valence-corrected chi connectivity index (χ0v) is 19.5. The van der Waals surface area contributed by atoms with E-state index in [0.29, 0.717) is 40.7 Å². The van der Waals surface area contributed by atoms with Crippen LogP contribution in [0.5, 0.6) is 11.5 Å². The minimum Gasteiger partial charge on any atom is -0.454 e. The molecule has 33 heavy (non-hydrogen) atoms. The molecule has 1 N–H and O–H groups in total. The summed E-state index contributed by atoms with van der Waals surface area (Å²) in [6.45, 7) is 0.593. The van der Waals surface area contributed by atoms with Gasteiger partial charge in [0.15, 0.2) is 11.5 Å². The van der Waals surface area contributed by atoms with Gasteiger partial charge in [-0.2, -0.15) is 0 Å². The van der Waals surface area contributed by atoms with E-state index in [1.54, 1.807) is 54.4 Å². The maximum absolute atomic E-state index is 12.8. The molecule has 0 spiro atoms. The lowest BCUT2D eigenvalue weighted by Gasteiger charge is -2.18. The quantitative estimate of drug-likeness (QED) is 0.512. The molecule has 3 aromatic carbocycles. The maximum Gasteiger partial charge on any atom is 0.253 e. The van der Waals surface area contributed by atoms with Gasteiger partial charge in [0.05, 0.1) is 5.75 Å². The average molecular weight is 487 g/mol. The Bertz CT molecular complexity index is 1260. The number of hydrogen-bond acceptors (Lipinski definition) is 5. The number of halogens is 1. The number of aryl methyl sites for hydroxylation is 1. The molecule has 0 aliphatic carbocycles. The Morgan fingerprint density at radius 3 is 2.52 bits per heavy atom. The third-order valence-corrected chi connectivity index (χ3v) is 6.86. The second kappa shape index (κ2) is 9.72. The number of sulfonamides is 1. The lowest BCUT2D eigenvalue weighted by Crippen LogP contribution is -2.26. The Morgan fingerprint density at radius 2 is 1.76 bits per heavy atom. The number of benzene rings is 3. The van der Waals surface area contributed by atoms with Crippen molar-refractivity contribution in [3.05, 3.63) is 88.4 Å². The molecule has 4 rings (SSSR count). The summed E-state index contributed by atoms with van der Waals surface area (Å²) in [6.07, 6.45) is 0.302. The number of ether oxygens (including phenoxy) is 2. The predicted molar refractivity (Wildman–Crippen MR) is 127 cm³/mol. The van der Waals surface area contributed by atoms with Crippen molar-refractivity contribution in [2.75, 3.05) is 24.3 Å². The van der Waals surface area contributed by atoms with Crippen molar-refractivity contribution in [1.29, 1.82) is 0 Å². The first-order valence-corrected chi connectivity index (χ1v) is 12.3. The number of carbonyl (C=O) groups excluding carboxylic acids is 1. The van der Waals surface area contributed by atoms with Crippen molar-refractivity contribution < 1.29 is 22.7 Å². The molecule has 1 heterocycles. The molecule has 172 valence electrons. The molecular formula is C24H23ClN2O5S. The zero-order chi connectivity index (χ0) is 23.4. The lowest BCUT2D eigenvalue weighted by atomic mass is 10.1. The topological polar surface area (TPSA) is 84.9 Å². The van der Waals surface area contributed by atoms with E-state index in [9.17, 15) is 13.2 Å². The number of rotatable bonds is 8. The molecule has 0 atom stereocenters. The summed E-state index contributed by atoms with van der Waals surface area (Å²) in [6, 6.07) is 19.1. The van der Waals surface area contributed by atoms with Gasteiger partial charge in [0.2, 0.25) is 16.8 Å². The Balaban J connectivity index is 1.35. The minimum atomic E-state index is -3.57. The fraction of sp³-hybridized carbons (Fsp3) is 0.208. The van der Waals surface area contributed by atoms with Gasteiger partial charge in [-0.3, -0.25) is 9.52 Å². The molecule has 0 radical (unpaired) electrons. The molecule has 0 unspecified atom stereocenters. The van der Waals surface area contributed by atoms with E-state index in [-0.39, 0.29) is 18.5 Å². The Kier molecular flexibility index (Phi) is 6.76. The number of carbonyl (C=O) groups is 1. The molecule has 0 bridgehead atoms. The minimum absolute atomic E-state index is 0.102. The van der Waals surface area contributed by atoms with Crippen LogP contribution in [0.2, 0.25) is 5.02 Å². The van der Waals surface area contributed by atoms with Gasteiger partial charge in [-0.05, 0) is 60.0 Å². The molecule has 9 heteroatoms. The largest absolute Gasteiger partial charge is 0.454 e. The van der Waals surface area contributed by atoms with Crippen molar-refractivity contribution in [2.24, 2.45) is 0 Å². The molecule has 0 saturated heterocycles. The van der Waals surface area contributed by atoms with Gasteiger partial charge >= 0.3 is 0 Å². The highest BCUT2D eigenvalue weighted by atomic mass is 35.5. The smallest absolute Gasteiger partial charge is 0.253 e. The zero-order valence-electron chi connectivity index (χ0n) is 18.0. The maximum atomic E-state index is 12.8. The van der Waals surface area contributed by atoms with Crippen molar-refractivity contribution in [3.63, 3.8) is 0 Å². The Morgan fingerprint density at radius 1 is 1.03 bits per heavy atom. The fourth-order valence-electron chi connectivity index (χ4n) is 3.46.